The molecule has 0 fully saturated rings. The zero-order chi connectivity index (χ0) is 12.6. The Balaban J connectivity index is 2.51. The third kappa shape index (κ3) is 2.41. The fourth-order valence-corrected chi connectivity index (χ4v) is 3.40. The maximum atomic E-state index is 13.5. The van der Waals surface area contributed by atoms with E-state index in [9.17, 15) is 13.9 Å². The average Bonchev–Trinajstić information content (AvgIpc) is 2.57. The zero-order valence-corrected chi connectivity index (χ0v) is 11.3. The van der Waals surface area contributed by atoms with Crippen LogP contribution >= 0.6 is 27.3 Å². The molecule has 1 atom stereocenters. The molecular weight excluding hydrogens is 310 g/mol. The van der Waals surface area contributed by atoms with Gasteiger partial charge in [-0.1, -0.05) is 6.07 Å². The van der Waals surface area contributed by atoms with Crippen molar-refractivity contribution in [1.29, 1.82) is 0 Å². The quantitative estimate of drug-likeness (QED) is 0.880. The lowest BCUT2D eigenvalue weighted by Crippen LogP contribution is -2.05. The van der Waals surface area contributed by atoms with Crippen LogP contribution in [0.3, 0.4) is 0 Å². The lowest BCUT2D eigenvalue weighted by molar-refractivity contribution is 0.209. The molecule has 0 radical (unpaired) electrons. The topological polar surface area (TPSA) is 20.2 Å². The van der Waals surface area contributed by atoms with Gasteiger partial charge < -0.3 is 5.11 Å². The molecule has 0 spiro atoms. The van der Waals surface area contributed by atoms with Crippen molar-refractivity contribution >= 4 is 27.3 Å². The van der Waals surface area contributed by atoms with Crippen molar-refractivity contribution in [2.45, 2.75) is 13.0 Å². The Morgan fingerprint density at radius 1 is 1.29 bits per heavy atom. The van der Waals surface area contributed by atoms with Crippen molar-refractivity contribution in [3.63, 3.8) is 0 Å². The lowest BCUT2D eigenvalue weighted by Gasteiger charge is -2.12. The Bertz CT molecular complexity index is 533. The molecule has 1 nitrogen and oxygen atoms in total. The molecule has 0 bridgehead atoms. The van der Waals surface area contributed by atoms with Crippen molar-refractivity contribution in [2.24, 2.45) is 0 Å². The summed E-state index contributed by atoms with van der Waals surface area (Å²) in [6, 6.07) is 5.23. The first-order chi connectivity index (χ1) is 8.00. The Morgan fingerprint density at radius 2 is 1.88 bits per heavy atom. The van der Waals surface area contributed by atoms with Crippen LogP contribution in [0.2, 0.25) is 0 Å². The summed E-state index contributed by atoms with van der Waals surface area (Å²) in [6.07, 6.45) is -1.28. The first kappa shape index (κ1) is 12.7. The van der Waals surface area contributed by atoms with Crippen LogP contribution in [0.1, 0.15) is 22.1 Å². The van der Waals surface area contributed by atoms with Crippen molar-refractivity contribution in [2.75, 3.05) is 0 Å². The SMILES string of the molecule is Cc1sc(Br)cc1C(O)c1c(F)cccc1F. The van der Waals surface area contributed by atoms with Crippen LogP contribution in [0.15, 0.2) is 28.1 Å². The van der Waals surface area contributed by atoms with Gasteiger partial charge in [0.25, 0.3) is 0 Å². The van der Waals surface area contributed by atoms with Crippen molar-refractivity contribution in [3.8, 4) is 0 Å². The van der Waals surface area contributed by atoms with Gasteiger partial charge in [-0.15, -0.1) is 11.3 Å². The fraction of sp³-hybridized carbons (Fsp3) is 0.167. The summed E-state index contributed by atoms with van der Waals surface area (Å²) in [6.45, 7) is 1.80. The largest absolute Gasteiger partial charge is 0.383 e. The number of hydrogen-bond acceptors (Lipinski definition) is 2. The summed E-state index contributed by atoms with van der Waals surface area (Å²) < 4.78 is 27.9. The molecular formula is C12H9BrF2OS. The highest BCUT2D eigenvalue weighted by molar-refractivity contribution is 9.11. The highest BCUT2D eigenvalue weighted by atomic mass is 79.9. The van der Waals surface area contributed by atoms with Gasteiger partial charge in [0.1, 0.15) is 17.7 Å². The highest BCUT2D eigenvalue weighted by Crippen LogP contribution is 2.35. The Hall–Kier alpha value is -0.780. The van der Waals surface area contributed by atoms with Gasteiger partial charge in [-0.2, -0.15) is 0 Å². The van der Waals surface area contributed by atoms with E-state index in [1.807, 2.05) is 0 Å². The van der Waals surface area contributed by atoms with Gasteiger partial charge in [0.05, 0.1) is 9.35 Å². The summed E-state index contributed by atoms with van der Waals surface area (Å²) >= 11 is 4.70. The molecule has 1 aromatic carbocycles. The van der Waals surface area contributed by atoms with E-state index in [2.05, 4.69) is 15.9 Å². The third-order valence-electron chi connectivity index (χ3n) is 2.49. The summed E-state index contributed by atoms with van der Waals surface area (Å²) in [5.74, 6) is -1.47. The monoisotopic (exact) mass is 318 g/mol. The normalized spacial score (nSPS) is 12.8. The van der Waals surface area contributed by atoms with E-state index in [0.29, 0.717) is 5.56 Å². The molecule has 17 heavy (non-hydrogen) atoms. The molecule has 2 aromatic rings. The lowest BCUT2D eigenvalue weighted by atomic mass is 10.0. The second-order valence-electron chi connectivity index (χ2n) is 3.60. The number of rotatable bonds is 2. The molecule has 1 N–H and O–H groups in total. The van der Waals surface area contributed by atoms with Gasteiger partial charge in [0, 0.05) is 4.88 Å². The van der Waals surface area contributed by atoms with Crippen molar-refractivity contribution < 1.29 is 13.9 Å². The van der Waals surface area contributed by atoms with Crippen LogP contribution in [0.5, 0.6) is 0 Å². The fourth-order valence-electron chi connectivity index (χ4n) is 1.66. The standard InChI is InChI=1S/C12H9BrF2OS/c1-6-7(5-10(13)17-6)12(16)11-8(14)3-2-4-9(11)15/h2-5,12,16H,1H3. The van der Waals surface area contributed by atoms with E-state index in [1.54, 1.807) is 13.0 Å². The van der Waals surface area contributed by atoms with Gasteiger partial charge in [0.15, 0.2) is 0 Å². The number of aryl methyl sites for hydroxylation is 1. The molecule has 2 rings (SSSR count). The van der Waals surface area contributed by atoms with Crippen molar-refractivity contribution in [3.05, 3.63) is 55.7 Å². The summed E-state index contributed by atoms with van der Waals surface area (Å²) in [7, 11) is 0. The number of hydrogen-bond donors (Lipinski definition) is 1. The minimum absolute atomic E-state index is 0.305. The molecule has 0 aliphatic rings. The molecule has 5 heteroatoms. The van der Waals surface area contributed by atoms with E-state index >= 15 is 0 Å². The zero-order valence-electron chi connectivity index (χ0n) is 8.88. The minimum Gasteiger partial charge on any atom is -0.383 e. The van der Waals surface area contributed by atoms with Crippen LogP contribution in [0.4, 0.5) is 8.78 Å². The molecule has 0 saturated heterocycles. The summed E-state index contributed by atoms with van der Waals surface area (Å²) in [5, 5.41) is 10.1. The smallest absolute Gasteiger partial charge is 0.132 e. The number of aliphatic hydroxyl groups excluding tert-OH is 1. The van der Waals surface area contributed by atoms with Crippen LogP contribution in [-0.2, 0) is 0 Å². The molecule has 0 aliphatic heterocycles. The van der Waals surface area contributed by atoms with Crippen LogP contribution < -0.4 is 0 Å². The number of aliphatic hydroxyl groups is 1. The first-order valence-corrected chi connectivity index (χ1v) is 6.49. The first-order valence-electron chi connectivity index (χ1n) is 4.88. The highest BCUT2D eigenvalue weighted by Gasteiger charge is 2.22. The van der Waals surface area contributed by atoms with E-state index in [4.69, 9.17) is 0 Å². The van der Waals surface area contributed by atoms with Gasteiger partial charge in [0.2, 0.25) is 0 Å². The predicted octanol–water partition coefficient (Wildman–Crippen LogP) is 4.18. The van der Waals surface area contributed by atoms with E-state index in [0.717, 1.165) is 20.8 Å². The molecule has 1 unspecified atom stereocenters. The Morgan fingerprint density at radius 3 is 2.35 bits per heavy atom. The molecule has 0 aliphatic carbocycles. The number of benzene rings is 1. The van der Waals surface area contributed by atoms with Gasteiger partial charge in [-0.05, 0) is 46.6 Å². The van der Waals surface area contributed by atoms with E-state index < -0.39 is 17.7 Å². The summed E-state index contributed by atoms with van der Waals surface area (Å²) in [4.78, 5) is 0.826. The molecule has 0 saturated carbocycles. The van der Waals surface area contributed by atoms with E-state index in [-0.39, 0.29) is 5.56 Å². The second kappa shape index (κ2) is 4.84. The number of thiophene rings is 1. The van der Waals surface area contributed by atoms with Crippen LogP contribution in [0.25, 0.3) is 0 Å². The maximum absolute atomic E-state index is 13.5. The summed E-state index contributed by atoms with van der Waals surface area (Å²) in [5.41, 5.74) is 0.215. The van der Waals surface area contributed by atoms with Crippen molar-refractivity contribution in [1.82, 2.24) is 0 Å². The molecule has 0 amide bonds. The predicted molar refractivity (Wildman–Crippen MR) is 67.2 cm³/mol. The Labute approximate surface area is 110 Å². The molecule has 90 valence electrons. The van der Waals surface area contributed by atoms with Gasteiger partial charge >= 0.3 is 0 Å². The second-order valence-corrected chi connectivity index (χ2v) is 6.24. The maximum Gasteiger partial charge on any atom is 0.132 e. The minimum atomic E-state index is -1.28. The van der Waals surface area contributed by atoms with Crippen LogP contribution in [-0.4, -0.2) is 5.11 Å². The Kier molecular flexibility index (Phi) is 3.61. The van der Waals surface area contributed by atoms with E-state index in [1.165, 1.54) is 17.4 Å². The average molecular weight is 319 g/mol. The van der Waals surface area contributed by atoms with Gasteiger partial charge in [-0.25, -0.2) is 8.78 Å². The third-order valence-corrected chi connectivity index (χ3v) is 4.06. The van der Waals surface area contributed by atoms with Crippen LogP contribution in [0, 0.1) is 18.6 Å². The number of halogens is 3. The molecule has 1 aromatic heterocycles. The van der Waals surface area contributed by atoms with Gasteiger partial charge in [-0.3, -0.25) is 0 Å². The molecule has 1 heterocycles.